The fourth-order valence-corrected chi connectivity index (χ4v) is 2.77. The van der Waals surface area contributed by atoms with Crippen LogP contribution in [0.25, 0.3) is 0 Å². The Bertz CT molecular complexity index is 572. The van der Waals surface area contributed by atoms with Gasteiger partial charge in [0.2, 0.25) is 5.95 Å². The Kier molecular flexibility index (Phi) is 5.01. The molecular formula is C14H16BrN3OS. The summed E-state index contributed by atoms with van der Waals surface area (Å²) in [5.41, 5.74) is 0.204. The van der Waals surface area contributed by atoms with E-state index in [-0.39, 0.29) is 0 Å². The van der Waals surface area contributed by atoms with Crippen molar-refractivity contribution in [2.45, 2.75) is 24.5 Å². The molecule has 0 amide bonds. The van der Waals surface area contributed by atoms with E-state index in [4.69, 9.17) is 0 Å². The zero-order valence-electron chi connectivity index (χ0n) is 11.3. The van der Waals surface area contributed by atoms with Crippen LogP contribution in [0.1, 0.15) is 13.8 Å². The number of benzene rings is 1. The molecule has 20 heavy (non-hydrogen) atoms. The minimum absolute atomic E-state index is 0.539. The van der Waals surface area contributed by atoms with Crippen molar-refractivity contribution in [2.24, 2.45) is 0 Å². The van der Waals surface area contributed by atoms with Gasteiger partial charge in [-0.2, -0.15) is 0 Å². The summed E-state index contributed by atoms with van der Waals surface area (Å²) in [5.74, 6) is 1.10. The second-order valence-corrected chi connectivity index (χ2v) is 6.76. The van der Waals surface area contributed by atoms with Gasteiger partial charge in [-0.15, -0.1) is 11.8 Å². The van der Waals surface area contributed by atoms with Gasteiger partial charge in [0.1, 0.15) is 5.03 Å². The molecule has 1 heterocycles. The summed E-state index contributed by atoms with van der Waals surface area (Å²) in [5, 5.41) is 13.7. The van der Waals surface area contributed by atoms with Gasteiger partial charge in [-0.3, -0.25) is 0 Å². The number of rotatable bonds is 5. The van der Waals surface area contributed by atoms with Crippen LogP contribution in [0.5, 0.6) is 0 Å². The first-order chi connectivity index (χ1) is 9.44. The maximum Gasteiger partial charge on any atom is 0.228 e. The van der Waals surface area contributed by atoms with Gasteiger partial charge in [-0.1, -0.05) is 18.2 Å². The molecule has 0 saturated heterocycles. The van der Waals surface area contributed by atoms with Gasteiger partial charge in [0, 0.05) is 17.6 Å². The van der Waals surface area contributed by atoms with E-state index in [1.54, 1.807) is 20.0 Å². The Morgan fingerprint density at radius 3 is 2.65 bits per heavy atom. The van der Waals surface area contributed by atoms with E-state index in [1.807, 2.05) is 30.3 Å². The monoisotopic (exact) mass is 353 g/mol. The van der Waals surface area contributed by atoms with E-state index in [1.165, 1.54) is 11.8 Å². The maximum atomic E-state index is 9.78. The summed E-state index contributed by atoms with van der Waals surface area (Å²) < 4.78 is 0.824. The zero-order chi connectivity index (χ0) is 14.6. The first-order valence-corrected chi connectivity index (χ1v) is 7.92. The van der Waals surface area contributed by atoms with Gasteiger partial charge in [-0.25, -0.2) is 9.97 Å². The molecule has 2 rings (SSSR count). The van der Waals surface area contributed by atoms with Gasteiger partial charge in [0.15, 0.2) is 0 Å². The first-order valence-electron chi connectivity index (χ1n) is 6.14. The zero-order valence-corrected chi connectivity index (χ0v) is 13.7. The Hall–Kier alpha value is -1.11. The highest BCUT2D eigenvalue weighted by Crippen LogP contribution is 2.28. The summed E-state index contributed by atoms with van der Waals surface area (Å²) in [6, 6.07) is 9.76. The second kappa shape index (κ2) is 6.56. The van der Waals surface area contributed by atoms with Gasteiger partial charge in [-0.05, 0) is 41.9 Å². The van der Waals surface area contributed by atoms with Crippen LogP contribution in [0.2, 0.25) is 0 Å². The summed E-state index contributed by atoms with van der Waals surface area (Å²) in [6.45, 7) is 3.55. The van der Waals surface area contributed by atoms with Gasteiger partial charge in [0.25, 0.3) is 0 Å². The third-order valence-electron chi connectivity index (χ3n) is 2.30. The molecule has 1 aromatic heterocycles. The SMILES string of the molecule is CC(C)(O)CSc1nc(Nc2ccccc2)ncc1Br. The van der Waals surface area contributed by atoms with Crippen LogP contribution in [0.15, 0.2) is 46.0 Å². The average Bonchev–Trinajstić information content (AvgIpc) is 2.40. The largest absolute Gasteiger partial charge is 0.390 e. The fourth-order valence-electron chi connectivity index (χ4n) is 1.41. The number of aliphatic hydroxyl groups is 1. The molecule has 0 atom stereocenters. The maximum absolute atomic E-state index is 9.78. The Morgan fingerprint density at radius 2 is 2.00 bits per heavy atom. The Balaban J connectivity index is 2.12. The number of hydrogen-bond donors (Lipinski definition) is 2. The Morgan fingerprint density at radius 1 is 1.30 bits per heavy atom. The molecule has 106 valence electrons. The summed E-state index contributed by atoms with van der Waals surface area (Å²) in [6.07, 6.45) is 1.71. The number of nitrogens with one attached hydrogen (secondary N) is 1. The lowest BCUT2D eigenvalue weighted by Gasteiger charge is -2.16. The van der Waals surface area contributed by atoms with Gasteiger partial charge >= 0.3 is 0 Å². The molecule has 2 N–H and O–H groups in total. The van der Waals surface area contributed by atoms with Gasteiger partial charge in [0.05, 0.1) is 10.1 Å². The molecule has 0 saturated carbocycles. The Labute approximate surface area is 131 Å². The lowest BCUT2D eigenvalue weighted by molar-refractivity contribution is 0.107. The van der Waals surface area contributed by atoms with Crippen molar-refractivity contribution in [3.8, 4) is 0 Å². The molecule has 0 bridgehead atoms. The number of nitrogens with zero attached hydrogens (tertiary/aromatic N) is 2. The topological polar surface area (TPSA) is 58.0 Å². The molecular weight excluding hydrogens is 338 g/mol. The molecule has 4 nitrogen and oxygen atoms in total. The van der Waals surface area contributed by atoms with E-state index in [2.05, 4.69) is 31.2 Å². The van der Waals surface area contributed by atoms with Crippen LogP contribution in [-0.2, 0) is 0 Å². The van der Waals surface area contributed by atoms with Crippen molar-refractivity contribution in [3.05, 3.63) is 41.0 Å². The molecule has 0 aliphatic carbocycles. The van der Waals surface area contributed by atoms with Crippen LogP contribution in [0, 0.1) is 0 Å². The number of hydrogen-bond acceptors (Lipinski definition) is 5. The minimum atomic E-state index is -0.734. The van der Waals surface area contributed by atoms with E-state index in [0.29, 0.717) is 11.7 Å². The van der Waals surface area contributed by atoms with E-state index >= 15 is 0 Å². The number of aromatic nitrogens is 2. The summed E-state index contributed by atoms with van der Waals surface area (Å²) in [4.78, 5) is 8.69. The van der Waals surface area contributed by atoms with E-state index in [0.717, 1.165) is 15.2 Å². The molecule has 0 unspecified atom stereocenters. The molecule has 0 aliphatic rings. The fraction of sp³-hybridized carbons (Fsp3) is 0.286. The van der Waals surface area contributed by atoms with Crippen molar-refractivity contribution in [1.29, 1.82) is 0 Å². The van der Waals surface area contributed by atoms with Crippen LogP contribution in [0.3, 0.4) is 0 Å². The van der Waals surface area contributed by atoms with E-state index in [9.17, 15) is 5.11 Å². The molecule has 0 spiro atoms. The third-order valence-corrected chi connectivity index (χ3v) is 4.58. The average molecular weight is 354 g/mol. The van der Waals surface area contributed by atoms with E-state index < -0.39 is 5.60 Å². The van der Waals surface area contributed by atoms with Crippen LogP contribution in [-0.4, -0.2) is 26.4 Å². The smallest absolute Gasteiger partial charge is 0.228 e. The minimum Gasteiger partial charge on any atom is -0.390 e. The molecule has 6 heteroatoms. The lowest BCUT2D eigenvalue weighted by Crippen LogP contribution is -2.21. The quantitative estimate of drug-likeness (QED) is 0.631. The van der Waals surface area contributed by atoms with Crippen molar-refractivity contribution in [1.82, 2.24) is 9.97 Å². The predicted octanol–water partition coefficient (Wildman–Crippen LogP) is 3.85. The highest BCUT2D eigenvalue weighted by molar-refractivity contribution is 9.10. The molecule has 2 aromatic rings. The number of thioether (sulfide) groups is 1. The normalized spacial score (nSPS) is 11.4. The number of para-hydroxylation sites is 1. The predicted molar refractivity (Wildman–Crippen MR) is 86.5 cm³/mol. The molecule has 0 aliphatic heterocycles. The summed E-state index contributed by atoms with van der Waals surface area (Å²) >= 11 is 4.92. The number of anilines is 2. The van der Waals surface area contributed by atoms with Crippen LogP contribution >= 0.6 is 27.7 Å². The van der Waals surface area contributed by atoms with Crippen LogP contribution < -0.4 is 5.32 Å². The highest BCUT2D eigenvalue weighted by Gasteiger charge is 2.15. The van der Waals surface area contributed by atoms with Crippen molar-refractivity contribution in [3.63, 3.8) is 0 Å². The van der Waals surface area contributed by atoms with Crippen molar-refractivity contribution >= 4 is 39.3 Å². The standard InChI is InChI=1S/C14H16BrN3OS/c1-14(2,19)9-20-12-11(15)8-16-13(18-12)17-10-6-4-3-5-7-10/h3-8,19H,9H2,1-2H3,(H,16,17,18). The highest BCUT2D eigenvalue weighted by atomic mass is 79.9. The molecule has 0 fully saturated rings. The molecule has 0 radical (unpaired) electrons. The molecule has 1 aromatic carbocycles. The first kappa shape index (κ1) is 15.3. The third kappa shape index (κ3) is 4.77. The van der Waals surface area contributed by atoms with Crippen LogP contribution in [0.4, 0.5) is 11.6 Å². The van der Waals surface area contributed by atoms with Crippen molar-refractivity contribution in [2.75, 3.05) is 11.1 Å². The summed E-state index contributed by atoms with van der Waals surface area (Å²) in [7, 11) is 0. The number of halogens is 1. The second-order valence-electron chi connectivity index (χ2n) is 4.94. The van der Waals surface area contributed by atoms with Crippen molar-refractivity contribution < 1.29 is 5.11 Å². The van der Waals surface area contributed by atoms with Gasteiger partial charge < -0.3 is 10.4 Å². The lowest BCUT2D eigenvalue weighted by atomic mass is 10.2.